The van der Waals surface area contributed by atoms with Crippen molar-refractivity contribution in [3.8, 4) is 0 Å². The number of hydrogen-bond acceptors (Lipinski definition) is 1. The van der Waals surface area contributed by atoms with Crippen LogP contribution in [0, 0.1) is 0 Å². The molecule has 0 aromatic heterocycles. The van der Waals surface area contributed by atoms with Crippen LogP contribution >= 0.6 is 0 Å². The van der Waals surface area contributed by atoms with Gasteiger partial charge in [-0.25, -0.2) is 8.78 Å². The second-order valence-corrected chi connectivity index (χ2v) is 2.94. The molecule has 13 heavy (non-hydrogen) atoms. The number of anilines is 1. The van der Waals surface area contributed by atoms with Crippen molar-refractivity contribution in [2.75, 3.05) is 5.32 Å². The van der Waals surface area contributed by atoms with Gasteiger partial charge in [-0.1, -0.05) is 12.1 Å². The molecule has 1 amide bonds. The number of rotatable bonds is 1. The number of halogens is 2. The minimum absolute atomic E-state index is 0.0547. The quantitative estimate of drug-likeness (QED) is 0.709. The molecule has 0 radical (unpaired) electrons. The highest BCUT2D eigenvalue weighted by Crippen LogP contribution is 2.28. The molecule has 2 rings (SSSR count). The Morgan fingerprint density at radius 3 is 2.85 bits per heavy atom. The first-order valence-corrected chi connectivity index (χ1v) is 3.87. The van der Waals surface area contributed by atoms with E-state index in [9.17, 15) is 13.6 Å². The van der Waals surface area contributed by atoms with Gasteiger partial charge in [0, 0.05) is 11.3 Å². The first-order valence-electron chi connectivity index (χ1n) is 3.87. The third kappa shape index (κ3) is 1.39. The molecule has 0 spiro atoms. The predicted molar refractivity (Wildman–Crippen MR) is 43.7 cm³/mol. The van der Waals surface area contributed by atoms with Crippen molar-refractivity contribution in [1.82, 2.24) is 0 Å². The smallest absolute Gasteiger partial charge is 0.263 e. The second kappa shape index (κ2) is 2.80. The summed E-state index contributed by atoms with van der Waals surface area (Å²) >= 11 is 0. The molecular weight excluding hydrogens is 176 g/mol. The molecule has 0 saturated carbocycles. The summed E-state index contributed by atoms with van der Waals surface area (Å²) in [6.07, 6.45) is -2.19. The summed E-state index contributed by atoms with van der Waals surface area (Å²) in [7, 11) is 0. The first kappa shape index (κ1) is 8.16. The van der Waals surface area contributed by atoms with Gasteiger partial charge in [-0.15, -0.1) is 0 Å². The largest absolute Gasteiger partial charge is 0.326 e. The Balaban J connectivity index is 2.40. The van der Waals surface area contributed by atoms with Gasteiger partial charge in [0.1, 0.15) is 0 Å². The van der Waals surface area contributed by atoms with Crippen LogP contribution in [-0.2, 0) is 11.2 Å². The van der Waals surface area contributed by atoms with Crippen molar-refractivity contribution < 1.29 is 13.6 Å². The topological polar surface area (TPSA) is 29.1 Å². The molecule has 1 heterocycles. The highest BCUT2D eigenvalue weighted by atomic mass is 19.3. The zero-order valence-corrected chi connectivity index (χ0v) is 6.68. The standard InChI is InChI=1S/C9H7F2NO/c10-9(11)6-2-1-5-4-8(13)12-7(5)3-6/h1-3,9H,4H2,(H,12,13). The zero-order chi connectivity index (χ0) is 9.42. The molecule has 1 N–H and O–H groups in total. The van der Waals surface area contributed by atoms with Crippen LogP contribution in [0.4, 0.5) is 14.5 Å². The maximum atomic E-state index is 12.2. The lowest BCUT2D eigenvalue weighted by molar-refractivity contribution is -0.115. The molecule has 1 aliphatic heterocycles. The lowest BCUT2D eigenvalue weighted by Crippen LogP contribution is -2.03. The van der Waals surface area contributed by atoms with Gasteiger partial charge in [0.05, 0.1) is 6.42 Å². The highest BCUT2D eigenvalue weighted by Gasteiger charge is 2.19. The lowest BCUT2D eigenvalue weighted by Gasteiger charge is -2.02. The van der Waals surface area contributed by atoms with Crippen molar-refractivity contribution in [3.63, 3.8) is 0 Å². The number of benzene rings is 1. The second-order valence-electron chi connectivity index (χ2n) is 2.94. The van der Waals surface area contributed by atoms with Gasteiger partial charge in [0.15, 0.2) is 0 Å². The molecule has 68 valence electrons. The van der Waals surface area contributed by atoms with Crippen LogP contribution in [0.25, 0.3) is 0 Å². The Morgan fingerprint density at radius 1 is 1.38 bits per heavy atom. The van der Waals surface area contributed by atoms with Gasteiger partial charge in [0.2, 0.25) is 5.91 Å². The van der Waals surface area contributed by atoms with Gasteiger partial charge in [-0.05, 0) is 11.6 Å². The van der Waals surface area contributed by atoms with E-state index in [0.717, 1.165) is 5.56 Å². The van der Waals surface area contributed by atoms with E-state index in [2.05, 4.69) is 5.32 Å². The number of carbonyl (C=O) groups excluding carboxylic acids is 1. The Labute approximate surface area is 73.6 Å². The molecular formula is C9H7F2NO. The van der Waals surface area contributed by atoms with Gasteiger partial charge in [-0.3, -0.25) is 4.79 Å². The summed E-state index contributed by atoms with van der Waals surface area (Å²) in [6.45, 7) is 0. The number of alkyl halides is 2. The van der Waals surface area contributed by atoms with E-state index in [4.69, 9.17) is 0 Å². The van der Waals surface area contributed by atoms with Crippen LogP contribution in [0.2, 0.25) is 0 Å². The third-order valence-electron chi connectivity index (χ3n) is 2.01. The predicted octanol–water partition coefficient (Wildman–Crippen LogP) is 2.12. The fourth-order valence-corrected chi connectivity index (χ4v) is 1.37. The average molecular weight is 183 g/mol. The number of fused-ring (bicyclic) bond motifs is 1. The highest BCUT2D eigenvalue weighted by molar-refractivity contribution is 5.99. The number of carbonyl (C=O) groups is 1. The fourth-order valence-electron chi connectivity index (χ4n) is 1.37. The van der Waals surface area contributed by atoms with E-state index in [0.29, 0.717) is 12.1 Å². The Bertz CT molecular complexity index is 363. The lowest BCUT2D eigenvalue weighted by atomic mass is 10.1. The maximum absolute atomic E-state index is 12.2. The van der Waals surface area contributed by atoms with Crippen LogP contribution in [0.3, 0.4) is 0 Å². The van der Waals surface area contributed by atoms with Gasteiger partial charge in [-0.2, -0.15) is 0 Å². The van der Waals surface area contributed by atoms with E-state index >= 15 is 0 Å². The summed E-state index contributed by atoms with van der Waals surface area (Å²) in [5, 5.41) is 2.52. The minimum atomic E-state index is -2.48. The summed E-state index contributed by atoms with van der Waals surface area (Å²) < 4.78 is 24.4. The van der Waals surface area contributed by atoms with Gasteiger partial charge >= 0.3 is 0 Å². The number of amides is 1. The zero-order valence-electron chi connectivity index (χ0n) is 6.68. The van der Waals surface area contributed by atoms with E-state index < -0.39 is 6.43 Å². The molecule has 0 bridgehead atoms. The minimum Gasteiger partial charge on any atom is -0.326 e. The molecule has 1 aromatic carbocycles. The molecule has 0 fully saturated rings. The summed E-state index contributed by atoms with van der Waals surface area (Å²) in [6, 6.07) is 4.24. The van der Waals surface area contributed by atoms with Crippen molar-refractivity contribution >= 4 is 11.6 Å². The van der Waals surface area contributed by atoms with E-state index in [-0.39, 0.29) is 11.5 Å². The summed E-state index contributed by atoms with van der Waals surface area (Å²) in [4.78, 5) is 10.9. The van der Waals surface area contributed by atoms with Crippen LogP contribution in [0.15, 0.2) is 18.2 Å². The van der Waals surface area contributed by atoms with E-state index in [1.165, 1.54) is 12.1 Å². The number of hydrogen-bond donors (Lipinski definition) is 1. The summed E-state index contributed by atoms with van der Waals surface area (Å²) in [5.74, 6) is -0.138. The monoisotopic (exact) mass is 183 g/mol. The molecule has 0 atom stereocenters. The van der Waals surface area contributed by atoms with Gasteiger partial charge in [0.25, 0.3) is 6.43 Å². The van der Waals surface area contributed by atoms with E-state index in [1.54, 1.807) is 6.07 Å². The summed E-state index contributed by atoms with van der Waals surface area (Å²) in [5.41, 5.74) is 1.25. The molecule has 1 aromatic rings. The van der Waals surface area contributed by atoms with Crippen molar-refractivity contribution in [1.29, 1.82) is 0 Å². The third-order valence-corrected chi connectivity index (χ3v) is 2.01. The normalized spacial score (nSPS) is 14.5. The number of nitrogens with one attached hydrogen (secondary N) is 1. The van der Waals surface area contributed by atoms with Crippen LogP contribution in [0.1, 0.15) is 17.6 Å². The SMILES string of the molecule is O=C1Cc2ccc(C(F)F)cc2N1. The van der Waals surface area contributed by atoms with Crippen LogP contribution in [-0.4, -0.2) is 5.91 Å². The van der Waals surface area contributed by atoms with Crippen molar-refractivity contribution in [2.24, 2.45) is 0 Å². The average Bonchev–Trinajstić information content (AvgIpc) is 2.42. The molecule has 1 aliphatic rings. The Morgan fingerprint density at radius 2 is 2.15 bits per heavy atom. The van der Waals surface area contributed by atoms with Crippen LogP contribution < -0.4 is 5.32 Å². The first-order chi connectivity index (χ1) is 6.16. The van der Waals surface area contributed by atoms with Crippen molar-refractivity contribution in [3.05, 3.63) is 29.3 Å². The van der Waals surface area contributed by atoms with Gasteiger partial charge < -0.3 is 5.32 Å². The molecule has 2 nitrogen and oxygen atoms in total. The van der Waals surface area contributed by atoms with Crippen LogP contribution in [0.5, 0.6) is 0 Å². The fraction of sp³-hybridized carbons (Fsp3) is 0.222. The molecule has 0 unspecified atom stereocenters. The molecule has 0 saturated heterocycles. The Hall–Kier alpha value is -1.45. The molecule has 4 heteroatoms. The van der Waals surface area contributed by atoms with E-state index in [1.807, 2.05) is 0 Å². The maximum Gasteiger partial charge on any atom is 0.263 e. The molecule has 0 aliphatic carbocycles. The Kier molecular flexibility index (Phi) is 1.76. The van der Waals surface area contributed by atoms with Crippen molar-refractivity contribution in [2.45, 2.75) is 12.8 Å².